The summed E-state index contributed by atoms with van der Waals surface area (Å²) in [7, 11) is 0. The number of carboxylic acids is 1. The number of carbonyl (C=O) groups is 1. The molecule has 12 heteroatoms. The molecule has 0 radical (unpaired) electrons. The third kappa shape index (κ3) is 5.75. The van der Waals surface area contributed by atoms with Crippen molar-refractivity contribution in [2.75, 3.05) is 37.8 Å². The zero-order chi connectivity index (χ0) is 27.4. The highest BCUT2D eigenvalue weighted by Gasteiger charge is 2.23. The average Bonchev–Trinajstić information content (AvgIpc) is 3.58. The molecule has 4 aromatic rings. The van der Waals surface area contributed by atoms with Crippen molar-refractivity contribution in [3.63, 3.8) is 0 Å². The molecule has 39 heavy (non-hydrogen) atoms. The van der Waals surface area contributed by atoms with Crippen LogP contribution in [0.4, 0.5) is 5.69 Å². The fourth-order valence-electron chi connectivity index (χ4n) is 4.12. The molecule has 0 aliphatic carbocycles. The van der Waals surface area contributed by atoms with Crippen molar-refractivity contribution < 1.29 is 28.5 Å². The van der Waals surface area contributed by atoms with Gasteiger partial charge < -0.3 is 28.6 Å². The van der Waals surface area contributed by atoms with Gasteiger partial charge in [0.25, 0.3) is 0 Å². The van der Waals surface area contributed by atoms with Crippen LogP contribution in [0.2, 0.25) is 0 Å². The summed E-state index contributed by atoms with van der Waals surface area (Å²) < 4.78 is 23.2. The number of hydrogen-bond acceptors (Lipinski definition) is 10. The third-order valence-electron chi connectivity index (χ3n) is 6.07. The lowest BCUT2D eigenvalue weighted by Crippen LogP contribution is -2.36. The van der Waals surface area contributed by atoms with E-state index in [4.69, 9.17) is 18.6 Å². The number of nitriles is 1. The maximum atomic E-state index is 11.7. The van der Waals surface area contributed by atoms with E-state index in [2.05, 4.69) is 36.9 Å². The largest absolute Gasteiger partial charge is 0.478 e. The lowest BCUT2D eigenvalue weighted by molar-refractivity contribution is 0.0694. The van der Waals surface area contributed by atoms with Gasteiger partial charge in [-0.1, -0.05) is 12.1 Å². The first-order valence-corrected chi connectivity index (χ1v) is 13.7. The van der Waals surface area contributed by atoms with Crippen LogP contribution in [0.15, 0.2) is 50.1 Å². The van der Waals surface area contributed by atoms with E-state index in [0.717, 1.165) is 24.3 Å². The molecule has 0 amide bonds. The SMILES string of the molecule is CCOc1cnc(-c2cc(-c3ccc(N4CCOCC4)cc3)nc(OCc3c(C(=O)O)csc3Br)c2C#N)o1. The highest BCUT2D eigenvalue weighted by atomic mass is 79.9. The van der Waals surface area contributed by atoms with E-state index in [1.54, 1.807) is 6.07 Å². The number of carboxylic acid groups (broad SMARTS) is 1. The van der Waals surface area contributed by atoms with Crippen molar-refractivity contribution in [2.24, 2.45) is 0 Å². The Morgan fingerprint density at radius 2 is 2.03 bits per heavy atom. The van der Waals surface area contributed by atoms with Crippen LogP contribution in [-0.2, 0) is 11.3 Å². The van der Waals surface area contributed by atoms with Crippen LogP contribution in [0.5, 0.6) is 11.8 Å². The number of nitrogens with zero attached hydrogens (tertiary/aromatic N) is 4. The lowest BCUT2D eigenvalue weighted by Gasteiger charge is -2.28. The van der Waals surface area contributed by atoms with Crippen LogP contribution < -0.4 is 14.4 Å². The number of aromatic carboxylic acids is 1. The van der Waals surface area contributed by atoms with Crippen LogP contribution in [0.3, 0.4) is 0 Å². The quantitative estimate of drug-likeness (QED) is 0.255. The van der Waals surface area contributed by atoms with Crippen LogP contribution in [-0.4, -0.2) is 54.0 Å². The highest BCUT2D eigenvalue weighted by molar-refractivity contribution is 9.11. The fourth-order valence-corrected chi connectivity index (χ4v) is 5.51. The topological polar surface area (TPSA) is 131 Å². The number of halogens is 1. The number of oxazole rings is 1. The summed E-state index contributed by atoms with van der Waals surface area (Å²) in [5, 5.41) is 21.2. The first kappa shape index (κ1) is 26.7. The molecule has 0 atom stereocenters. The summed E-state index contributed by atoms with van der Waals surface area (Å²) in [5.41, 5.74) is 3.46. The van der Waals surface area contributed by atoms with Gasteiger partial charge >= 0.3 is 11.9 Å². The van der Waals surface area contributed by atoms with E-state index >= 15 is 0 Å². The Morgan fingerprint density at radius 1 is 1.26 bits per heavy atom. The Balaban J connectivity index is 1.55. The number of morpholine rings is 1. The van der Waals surface area contributed by atoms with Gasteiger partial charge in [0.2, 0.25) is 11.8 Å². The second kappa shape index (κ2) is 11.9. The van der Waals surface area contributed by atoms with Crippen molar-refractivity contribution in [2.45, 2.75) is 13.5 Å². The average molecular weight is 611 g/mol. The Labute approximate surface area is 236 Å². The van der Waals surface area contributed by atoms with E-state index in [-0.39, 0.29) is 35.5 Å². The molecule has 4 heterocycles. The first-order chi connectivity index (χ1) is 19.0. The number of pyridine rings is 1. The Bertz CT molecular complexity index is 1520. The highest BCUT2D eigenvalue weighted by Crippen LogP contribution is 2.36. The molecular formula is C27H23BrN4O6S. The molecule has 1 aliphatic rings. The third-order valence-corrected chi connectivity index (χ3v) is 7.91. The maximum absolute atomic E-state index is 11.7. The van der Waals surface area contributed by atoms with Crippen LogP contribution in [0.1, 0.15) is 28.4 Å². The zero-order valence-corrected chi connectivity index (χ0v) is 23.3. The molecule has 0 saturated carbocycles. The minimum atomic E-state index is -1.07. The Morgan fingerprint density at radius 3 is 2.72 bits per heavy atom. The molecule has 1 aromatic carbocycles. The van der Waals surface area contributed by atoms with Crippen LogP contribution in [0, 0.1) is 11.3 Å². The van der Waals surface area contributed by atoms with E-state index in [1.807, 2.05) is 31.2 Å². The normalized spacial score (nSPS) is 13.2. The number of anilines is 1. The number of rotatable bonds is 9. The van der Waals surface area contributed by atoms with Gasteiger partial charge in [0.05, 0.1) is 40.4 Å². The van der Waals surface area contributed by atoms with Crippen molar-refractivity contribution in [1.82, 2.24) is 9.97 Å². The molecule has 1 N–H and O–H groups in total. The summed E-state index contributed by atoms with van der Waals surface area (Å²) in [6.07, 6.45) is 1.44. The van der Waals surface area contributed by atoms with E-state index < -0.39 is 5.97 Å². The molecule has 5 rings (SSSR count). The zero-order valence-electron chi connectivity index (χ0n) is 20.8. The summed E-state index contributed by atoms with van der Waals surface area (Å²) in [6, 6.07) is 11.8. The molecule has 0 bridgehead atoms. The van der Waals surface area contributed by atoms with E-state index in [9.17, 15) is 15.2 Å². The predicted octanol–water partition coefficient (Wildman–Crippen LogP) is 5.61. The van der Waals surface area contributed by atoms with Crippen LogP contribution in [0.25, 0.3) is 22.7 Å². The summed E-state index contributed by atoms with van der Waals surface area (Å²) >= 11 is 4.64. The monoisotopic (exact) mass is 610 g/mol. The van der Waals surface area contributed by atoms with Crippen molar-refractivity contribution in [1.29, 1.82) is 5.26 Å². The molecular weight excluding hydrogens is 588 g/mol. The second-order valence-electron chi connectivity index (χ2n) is 8.41. The molecule has 200 valence electrons. The fraction of sp³-hybridized carbons (Fsp3) is 0.259. The van der Waals surface area contributed by atoms with Crippen molar-refractivity contribution >= 4 is 38.9 Å². The van der Waals surface area contributed by atoms with Crippen LogP contribution >= 0.6 is 27.3 Å². The number of aromatic nitrogens is 2. The molecule has 0 unspecified atom stereocenters. The Kier molecular flexibility index (Phi) is 8.11. The van der Waals surface area contributed by atoms with Gasteiger partial charge in [-0.25, -0.2) is 14.8 Å². The number of benzene rings is 1. The van der Waals surface area contributed by atoms with Gasteiger partial charge in [-0.3, -0.25) is 0 Å². The molecule has 1 saturated heterocycles. The predicted molar refractivity (Wildman–Crippen MR) is 147 cm³/mol. The van der Waals surface area contributed by atoms with Crippen molar-refractivity contribution in [3.8, 4) is 40.6 Å². The van der Waals surface area contributed by atoms with Crippen molar-refractivity contribution in [3.05, 3.63) is 62.4 Å². The van der Waals surface area contributed by atoms with E-state index in [0.29, 0.717) is 40.4 Å². The van der Waals surface area contributed by atoms with Gasteiger partial charge in [0, 0.05) is 35.3 Å². The Hall–Kier alpha value is -3.92. The molecule has 0 spiro atoms. The second-order valence-corrected chi connectivity index (χ2v) is 10.6. The maximum Gasteiger partial charge on any atom is 0.336 e. The minimum Gasteiger partial charge on any atom is -0.478 e. The standard InChI is InChI=1S/C27H23BrN4O6S/c1-2-36-23-13-30-25(38-23)18-11-22(16-3-5-17(6-4-16)32-7-9-35-10-8-32)31-26(19(18)12-29)37-14-20-21(27(33)34)15-39-24(20)28/h3-6,11,13,15H,2,7-10,14H2,1H3,(H,33,34). The molecule has 3 aromatic heterocycles. The van der Waals surface area contributed by atoms with Gasteiger partial charge in [0.1, 0.15) is 24.4 Å². The molecule has 10 nitrogen and oxygen atoms in total. The van der Waals surface area contributed by atoms with Gasteiger partial charge in [-0.15, -0.1) is 11.3 Å². The van der Waals surface area contributed by atoms with Gasteiger partial charge in [0.15, 0.2) is 0 Å². The summed E-state index contributed by atoms with van der Waals surface area (Å²) in [4.78, 5) is 22.9. The molecule has 1 fully saturated rings. The van der Waals surface area contributed by atoms with Gasteiger partial charge in [-0.2, -0.15) is 5.26 Å². The number of ether oxygens (including phenoxy) is 3. The first-order valence-electron chi connectivity index (χ1n) is 12.1. The number of hydrogen-bond donors (Lipinski definition) is 1. The summed E-state index contributed by atoms with van der Waals surface area (Å²) in [6.45, 7) is 5.13. The summed E-state index contributed by atoms with van der Waals surface area (Å²) in [5.74, 6) is -0.633. The van der Waals surface area contributed by atoms with E-state index in [1.165, 1.54) is 22.9 Å². The number of thiophene rings is 1. The smallest absolute Gasteiger partial charge is 0.336 e. The van der Waals surface area contributed by atoms with Gasteiger partial charge in [-0.05, 0) is 41.1 Å². The lowest BCUT2D eigenvalue weighted by atomic mass is 10.0. The molecule has 1 aliphatic heterocycles. The minimum absolute atomic E-state index is 0.0351.